The number of carbonyl (C=O) groups excluding carboxylic acids is 1. The molecule has 1 amide bonds. The Kier molecular flexibility index (Phi) is 10.1. The van der Waals surface area contributed by atoms with Crippen LogP contribution in [0.3, 0.4) is 0 Å². The van der Waals surface area contributed by atoms with E-state index in [-0.39, 0.29) is 25.1 Å². The van der Waals surface area contributed by atoms with Gasteiger partial charge >= 0.3 is 6.18 Å². The zero-order valence-electron chi connectivity index (χ0n) is 33.1. The van der Waals surface area contributed by atoms with Crippen molar-refractivity contribution in [3.05, 3.63) is 167 Å². The van der Waals surface area contributed by atoms with Gasteiger partial charge in [0.2, 0.25) is 0 Å². The molecule has 0 spiro atoms. The van der Waals surface area contributed by atoms with E-state index in [1.807, 2.05) is 103 Å². The van der Waals surface area contributed by atoms with Crippen LogP contribution in [-0.2, 0) is 17.7 Å². The van der Waals surface area contributed by atoms with E-state index in [9.17, 15) is 18.0 Å². The molecule has 0 radical (unpaired) electrons. The number of carbonyl (C=O) groups is 1. The minimum absolute atomic E-state index is 0.0819. The Morgan fingerprint density at radius 1 is 0.820 bits per heavy atom. The number of halogens is 3. The lowest BCUT2D eigenvalue weighted by atomic mass is 9.92. The van der Waals surface area contributed by atoms with Crippen molar-refractivity contribution >= 4 is 33.4 Å². The maximum Gasteiger partial charge on any atom is 0.390 e. The molecule has 7 nitrogen and oxygen atoms in total. The number of aromatic nitrogens is 2. The zero-order valence-corrected chi connectivity index (χ0v) is 33.1. The van der Waals surface area contributed by atoms with Crippen LogP contribution in [0.5, 0.6) is 11.6 Å². The second-order valence-electron chi connectivity index (χ2n) is 15.7. The average molecular weight is 815 g/mol. The number of para-hydroxylation sites is 2. The Morgan fingerprint density at radius 3 is 2.44 bits per heavy atom. The second-order valence-corrected chi connectivity index (χ2v) is 15.7. The fourth-order valence-corrected chi connectivity index (χ4v) is 8.76. The van der Waals surface area contributed by atoms with Crippen LogP contribution in [0.25, 0.3) is 55.2 Å². The number of hydrogen-bond donors (Lipinski definition) is 3. The molecule has 61 heavy (non-hydrogen) atoms. The summed E-state index contributed by atoms with van der Waals surface area (Å²) >= 11 is 0. The smallest absolute Gasteiger partial charge is 0.390 e. The van der Waals surface area contributed by atoms with Gasteiger partial charge in [0.05, 0.1) is 23.7 Å². The van der Waals surface area contributed by atoms with E-state index >= 15 is 0 Å². The number of nitrogens with one attached hydrogen (secondary N) is 3. The summed E-state index contributed by atoms with van der Waals surface area (Å²) in [6, 6.07) is 44.0. The van der Waals surface area contributed by atoms with Crippen molar-refractivity contribution in [2.24, 2.45) is 0 Å². The van der Waals surface area contributed by atoms with Gasteiger partial charge in [0, 0.05) is 70.5 Å². The van der Waals surface area contributed by atoms with Gasteiger partial charge in [-0.2, -0.15) is 13.2 Å². The molecule has 2 aliphatic rings. The predicted molar refractivity (Wildman–Crippen MR) is 234 cm³/mol. The minimum Gasteiger partial charge on any atom is -0.440 e. The first-order chi connectivity index (χ1) is 29.8. The van der Waals surface area contributed by atoms with Crippen molar-refractivity contribution in [3.63, 3.8) is 0 Å². The van der Waals surface area contributed by atoms with Gasteiger partial charge in [0.25, 0.3) is 5.91 Å². The Morgan fingerprint density at radius 2 is 1.61 bits per heavy atom. The van der Waals surface area contributed by atoms with Crippen LogP contribution in [0, 0.1) is 0 Å². The number of aromatic amines is 1. The summed E-state index contributed by atoms with van der Waals surface area (Å²) in [5, 5.41) is 7.97. The summed E-state index contributed by atoms with van der Waals surface area (Å²) in [5.41, 5.74) is 12.7. The van der Waals surface area contributed by atoms with Gasteiger partial charge in [-0.15, -0.1) is 0 Å². The Hall–Kier alpha value is -6.75. The van der Waals surface area contributed by atoms with Crippen molar-refractivity contribution in [2.75, 3.05) is 18.5 Å². The van der Waals surface area contributed by atoms with Crippen LogP contribution in [0.2, 0.25) is 0 Å². The minimum atomic E-state index is -4.23. The number of amides is 1. The SMILES string of the molecule is O=C(Nc1ccc2cc(CNCCC(F)(F)F)cnc2c1-c1cccc2c1Cc1ccccc1-2)c1ccc(-c2cccc([C@H]3CCCO3)c2Oc2cc3ccccc3[nH]2)cc1. The number of anilines is 1. The highest BCUT2D eigenvalue weighted by Gasteiger charge is 2.28. The number of nitrogens with zero attached hydrogens (tertiary/aromatic N) is 1. The Labute approximate surface area is 350 Å². The molecule has 0 saturated carbocycles. The van der Waals surface area contributed by atoms with E-state index in [1.165, 1.54) is 11.1 Å². The predicted octanol–water partition coefficient (Wildman–Crippen LogP) is 12.6. The van der Waals surface area contributed by atoms with E-state index in [2.05, 4.69) is 45.9 Å². The van der Waals surface area contributed by atoms with Gasteiger partial charge in [-0.25, -0.2) is 0 Å². The molecular weight excluding hydrogens is 774 g/mol. The lowest BCUT2D eigenvalue weighted by molar-refractivity contribution is -0.133. The first-order valence-corrected chi connectivity index (χ1v) is 20.6. The molecule has 10 heteroatoms. The van der Waals surface area contributed by atoms with E-state index in [0.29, 0.717) is 35.0 Å². The summed E-state index contributed by atoms with van der Waals surface area (Å²) in [4.78, 5) is 22.5. The Balaban J connectivity index is 0.977. The first-order valence-electron chi connectivity index (χ1n) is 20.6. The fraction of sp³-hybridized carbons (Fsp3) is 0.176. The highest BCUT2D eigenvalue weighted by molar-refractivity contribution is 6.11. The topological polar surface area (TPSA) is 88.3 Å². The number of H-pyrrole nitrogens is 1. The van der Waals surface area contributed by atoms with E-state index in [1.54, 1.807) is 6.20 Å². The quantitative estimate of drug-likeness (QED) is 0.113. The van der Waals surface area contributed by atoms with Gasteiger partial charge in [0.15, 0.2) is 5.88 Å². The molecule has 1 saturated heterocycles. The van der Waals surface area contributed by atoms with Gasteiger partial charge in [-0.3, -0.25) is 9.78 Å². The third-order valence-corrected chi connectivity index (χ3v) is 11.7. The number of hydrogen-bond acceptors (Lipinski definition) is 5. The standard InChI is InChI=1S/C51H41F3N4O3/c52-51(53,54)23-24-55-29-31-26-36-21-22-44(47(48(36)56-30-31)40-13-6-12-39-37-10-3-1-8-34(37)27-42(39)40)58-50(59)33-19-17-32(18-20-33)38-11-5-14-41(45-16-7-25-60-45)49(38)61-46-28-35-9-2-4-15-43(35)57-46/h1-6,8-15,17-22,26,28,30,45,55,57H,7,16,23-25,27,29H2,(H,58,59)/t45-/m1/s1. The first kappa shape index (κ1) is 38.5. The number of benzene rings is 6. The lowest BCUT2D eigenvalue weighted by Crippen LogP contribution is -2.21. The van der Waals surface area contributed by atoms with Crippen LogP contribution >= 0.6 is 0 Å². The number of ether oxygens (including phenoxy) is 2. The van der Waals surface area contributed by atoms with Gasteiger partial charge in [-0.05, 0) is 88.5 Å². The molecule has 0 bridgehead atoms. The molecule has 2 aromatic heterocycles. The lowest BCUT2D eigenvalue weighted by Gasteiger charge is -2.19. The largest absolute Gasteiger partial charge is 0.440 e. The van der Waals surface area contributed by atoms with Gasteiger partial charge < -0.3 is 25.1 Å². The number of alkyl halides is 3. The summed E-state index contributed by atoms with van der Waals surface area (Å²) in [7, 11) is 0. The molecule has 1 fully saturated rings. The normalized spacial score (nSPS) is 14.6. The van der Waals surface area contributed by atoms with Gasteiger partial charge in [-0.1, -0.05) is 97.1 Å². The summed E-state index contributed by atoms with van der Waals surface area (Å²) in [6.45, 7) is 0.762. The molecule has 1 atom stereocenters. The van der Waals surface area contributed by atoms with E-state index in [0.717, 1.165) is 80.1 Å². The van der Waals surface area contributed by atoms with Crippen molar-refractivity contribution < 1.29 is 27.4 Å². The molecule has 0 unspecified atom stereocenters. The van der Waals surface area contributed by atoms with E-state index < -0.39 is 12.6 Å². The molecule has 3 N–H and O–H groups in total. The second kappa shape index (κ2) is 16.0. The van der Waals surface area contributed by atoms with E-state index in [4.69, 9.17) is 14.5 Å². The Bertz CT molecular complexity index is 2900. The molecule has 6 aromatic carbocycles. The molecule has 1 aliphatic heterocycles. The average Bonchev–Trinajstić information content (AvgIpc) is 4.04. The maximum absolute atomic E-state index is 14.2. The molecular formula is C51H41F3N4O3. The van der Waals surface area contributed by atoms with Crippen LogP contribution in [0.15, 0.2) is 140 Å². The fourth-order valence-electron chi connectivity index (χ4n) is 8.76. The summed E-state index contributed by atoms with van der Waals surface area (Å²) in [5.74, 6) is 1.06. The highest BCUT2D eigenvalue weighted by atomic mass is 19.4. The van der Waals surface area contributed by atoms with Gasteiger partial charge in [0.1, 0.15) is 5.75 Å². The third kappa shape index (κ3) is 7.76. The van der Waals surface area contributed by atoms with Crippen LogP contribution < -0.4 is 15.4 Å². The maximum atomic E-state index is 14.2. The molecule has 8 aromatic rings. The molecule has 10 rings (SSSR count). The summed E-state index contributed by atoms with van der Waals surface area (Å²) in [6.07, 6.45) is -0.910. The number of rotatable bonds is 11. The highest BCUT2D eigenvalue weighted by Crippen LogP contribution is 2.46. The monoisotopic (exact) mass is 814 g/mol. The van der Waals surface area contributed by atoms with Crippen molar-refractivity contribution in [3.8, 4) is 45.0 Å². The third-order valence-electron chi connectivity index (χ3n) is 11.7. The van der Waals surface area contributed by atoms with Crippen LogP contribution in [0.1, 0.15) is 58.0 Å². The van der Waals surface area contributed by atoms with Crippen LogP contribution in [0.4, 0.5) is 18.9 Å². The van der Waals surface area contributed by atoms with Crippen molar-refractivity contribution in [2.45, 2.75) is 44.5 Å². The number of pyridine rings is 1. The van der Waals surface area contributed by atoms with Crippen molar-refractivity contribution in [1.82, 2.24) is 15.3 Å². The molecule has 304 valence electrons. The number of fused-ring (bicyclic) bond motifs is 5. The zero-order chi connectivity index (χ0) is 41.5. The van der Waals surface area contributed by atoms with Crippen molar-refractivity contribution in [1.29, 1.82) is 0 Å². The molecule has 1 aliphatic carbocycles. The molecule has 3 heterocycles. The van der Waals surface area contributed by atoms with Crippen LogP contribution in [-0.4, -0.2) is 35.2 Å². The summed E-state index contributed by atoms with van der Waals surface area (Å²) < 4.78 is 51.2.